The molecule has 0 unspecified atom stereocenters. The van der Waals surface area contributed by atoms with Crippen LogP contribution in [0.5, 0.6) is 0 Å². The minimum atomic E-state index is 0.0449. The summed E-state index contributed by atoms with van der Waals surface area (Å²) < 4.78 is 1.09. The molecule has 0 aromatic heterocycles. The highest BCUT2D eigenvalue weighted by Gasteiger charge is 2.22. The van der Waals surface area contributed by atoms with Gasteiger partial charge >= 0.3 is 0 Å². The summed E-state index contributed by atoms with van der Waals surface area (Å²) in [5, 5.41) is 0. The summed E-state index contributed by atoms with van der Waals surface area (Å²) in [5.41, 5.74) is 0.0449. The monoisotopic (exact) mass is 221 g/mol. The molecule has 0 aliphatic carbocycles. The molecule has 0 aliphatic rings. The summed E-state index contributed by atoms with van der Waals surface area (Å²) >= 11 is 5.67. The maximum atomic E-state index is 5.67. The fourth-order valence-electron chi connectivity index (χ4n) is 1.33. The van der Waals surface area contributed by atoms with Crippen molar-refractivity contribution >= 4 is 11.8 Å². The molecule has 0 atom stereocenters. The lowest BCUT2D eigenvalue weighted by molar-refractivity contribution is -0.891. The first-order valence-electron chi connectivity index (χ1n) is 5.53. The quantitative estimate of drug-likeness (QED) is 0.515. The summed E-state index contributed by atoms with van der Waals surface area (Å²) in [5.74, 6) is 0. The average molecular weight is 222 g/mol. The number of quaternary nitrogens is 1. The number of hydrogen-bond acceptors (Lipinski definition) is 1. The van der Waals surface area contributed by atoms with Crippen molar-refractivity contribution in [2.45, 2.75) is 45.6 Å². The van der Waals surface area contributed by atoms with E-state index in [0.29, 0.717) is 0 Å². The van der Waals surface area contributed by atoms with Crippen molar-refractivity contribution < 1.29 is 4.48 Å². The van der Waals surface area contributed by atoms with Crippen LogP contribution in [0.1, 0.15) is 40.0 Å². The van der Waals surface area contributed by atoms with Crippen molar-refractivity contribution in [2.24, 2.45) is 0 Å². The molecular formula is C11H26ClN2+. The fraction of sp³-hybridized carbons (Fsp3) is 1.00. The average Bonchev–Trinajstić information content (AvgIpc) is 2.12. The molecule has 0 amide bonds. The Bertz CT molecular complexity index is 155. The standard InChI is InChI=1S/C11H26ClN2/c1-6-7-9-14(4,5)10-8-11(2,3)13-12/h13H,6-10H2,1-5H3/q+1. The van der Waals surface area contributed by atoms with Gasteiger partial charge in [-0.1, -0.05) is 13.3 Å². The SMILES string of the molecule is CCCC[N+](C)(C)CCC(C)(C)NCl. The molecule has 1 N–H and O–H groups in total. The minimum Gasteiger partial charge on any atom is -0.328 e. The summed E-state index contributed by atoms with van der Waals surface area (Å²) in [6.45, 7) is 8.95. The molecule has 0 saturated carbocycles. The summed E-state index contributed by atoms with van der Waals surface area (Å²) in [4.78, 5) is 2.83. The van der Waals surface area contributed by atoms with Crippen LogP contribution in [-0.2, 0) is 0 Å². The number of nitrogens with one attached hydrogen (secondary N) is 1. The van der Waals surface area contributed by atoms with Crippen LogP contribution in [0.3, 0.4) is 0 Å². The summed E-state index contributed by atoms with van der Waals surface area (Å²) in [6, 6.07) is 0. The predicted molar refractivity (Wildman–Crippen MR) is 64.4 cm³/mol. The number of halogens is 1. The summed E-state index contributed by atoms with van der Waals surface area (Å²) in [7, 11) is 4.58. The molecule has 0 aliphatic heterocycles. The highest BCUT2D eigenvalue weighted by Crippen LogP contribution is 2.13. The highest BCUT2D eigenvalue weighted by molar-refractivity contribution is 6.13. The Morgan fingerprint density at radius 1 is 1.21 bits per heavy atom. The van der Waals surface area contributed by atoms with Crippen LogP contribution in [0.4, 0.5) is 0 Å². The van der Waals surface area contributed by atoms with E-state index in [9.17, 15) is 0 Å². The lowest BCUT2D eigenvalue weighted by Gasteiger charge is -2.33. The number of hydrogen-bond donors (Lipinski definition) is 1. The van der Waals surface area contributed by atoms with Gasteiger partial charge < -0.3 is 4.48 Å². The zero-order chi connectivity index (χ0) is 11.2. The first-order chi connectivity index (χ1) is 6.33. The lowest BCUT2D eigenvalue weighted by Crippen LogP contribution is -2.45. The van der Waals surface area contributed by atoms with E-state index >= 15 is 0 Å². The van der Waals surface area contributed by atoms with Crippen molar-refractivity contribution in [1.29, 1.82) is 0 Å². The normalized spacial score (nSPS) is 13.3. The van der Waals surface area contributed by atoms with Crippen molar-refractivity contribution in [1.82, 2.24) is 4.84 Å². The van der Waals surface area contributed by atoms with E-state index in [0.717, 1.165) is 10.9 Å². The van der Waals surface area contributed by atoms with Crippen LogP contribution in [0.2, 0.25) is 0 Å². The molecule has 0 rings (SSSR count). The minimum absolute atomic E-state index is 0.0449. The third-order valence-corrected chi connectivity index (χ3v) is 3.23. The molecule has 86 valence electrons. The van der Waals surface area contributed by atoms with Gasteiger partial charge in [0.15, 0.2) is 0 Å². The molecule has 0 fully saturated rings. The molecule has 0 aromatic carbocycles. The molecule has 0 heterocycles. The van der Waals surface area contributed by atoms with Crippen molar-refractivity contribution in [3.05, 3.63) is 0 Å². The Kier molecular flexibility index (Phi) is 6.03. The Morgan fingerprint density at radius 3 is 2.21 bits per heavy atom. The van der Waals surface area contributed by atoms with E-state index in [2.05, 4.69) is 39.7 Å². The van der Waals surface area contributed by atoms with Crippen LogP contribution in [0.25, 0.3) is 0 Å². The van der Waals surface area contributed by atoms with Gasteiger partial charge in [-0.2, -0.15) is 0 Å². The van der Waals surface area contributed by atoms with Gasteiger partial charge in [-0.25, -0.2) is 4.84 Å². The zero-order valence-corrected chi connectivity index (χ0v) is 11.1. The van der Waals surface area contributed by atoms with E-state index in [-0.39, 0.29) is 5.54 Å². The molecule has 14 heavy (non-hydrogen) atoms. The molecule has 0 bridgehead atoms. The number of rotatable bonds is 7. The topological polar surface area (TPSA) is 12.0 Å². The predicted octanol–water partition coefficient (Wildman–Crippen LogP) is 2.78. The van der Waals surface area contributed by atoms with Gasteiger partial charge in [-0.3, -0.25) is 0 Å². The number of nitrogens with zero attached hydrogens (tertiary/aromatic N) is 1. The Labute approximate surface area is 94.3 Å². The van der Waals surface area contributed by atoms with Gasteiger partial charge in [0, 0.05) is 12.0 Å². The van der Waals surface area contributed by atoms with Crippen LogP contribution < -0.4 is 4.84 Å². The Balaban J connectivity index is 3.85. The maximum absolute atomic E-state index is 5.67. The molecule has 3 heteroatoms. The summed E-state index contributed by atoms with van der Waals surface area (Å²) in [6.07, 6.45) is 3.69. The lowest BCUT2D eigenvalue weighted by atomic mass is 10.0. The van der Waals surface area contributed by atoms with Gasteiger partial charge in [-0.05, 0) is 32.0 Å². The van der Waals surface area contributed by atoms with Crippen LogP contribution in [0.15, 0.2) is 0 Å². The van der Waals surface area contributed by atoms with Gasteiger partial charge in [0.1, 0.15) is 0 Å². The van der Waals surface area contributed by atoms with Gasteiger partial charge in [-0.15, -0.1) is 0 Å². The van der Waals surface area contributed by atoms with Gasteiger partial charge in [0.2, 0.25) is 0 Å². The Morgan fingerprint density at radius 2 is 1.79 bits per heavy atom. The molecule has 0 radical (unpaired) electrons. The van der Waals surface area contributed by atoms with Crippen LogP contribution >= 0.6 is 11.8 Å². The Hall–Kier alpha value is 0.210. The first-order valence-corrected chi connectivity index (χ1v) is 5.90. The third-order valence-electron chi connectivity index (χ3n) is 2.71. The fourth-order valence-corrected chi connectivity index (χ4v) is 1.42. The van der Waals surface area contributed by atoms with E-state index in [1.54, 1.807) is 0 Å². The van der Waals surface area contributed by atoms with Crippen molar-refractivity contribution in [3.8, 4) is 0 Å². The highest BCUT2D eigenvalue weighted by atomic mass is 35.5. The number of unbranched alkanes of at least 4 members (excludes halogenated alkanes) is 1. The van der Waals surface area contributed by atoms with E-state index in [1.165, 1.54) is 25.9 Å². The second kappa shape index (κ2) is 5.94. The van der Waals surface area contributed by atoms with Crippen molar-refractivity contribution in [2.75, 3.05) is 27.2 Å². The van der Waals surface area contributed by atoms with Crippen LogP contribution in [0, 0.1) is 0 Å². The van der Waals surface area contributed by atoms with Gasteiger partial charge in [0.05, 0.1) is 27.2 Å². The van der Waals surface area contributed by atoms with E-state index < -0.39 is 0 Å². The largest absolute Gasteiger partial charge is 0.328 e. The van der Waals surface area contributed by atoms with Gasteiger partial charge in [0.25, 0.3) is 0 Å². The molecule has 0 aromatic rings. The van der Waals surface area contributed by atoms with E-state index in [4.69, 9.17) is 11.8 Å². The second-order valence-corrected chi connectivity index (χ2v) is 5.65. The molecule has 0 spiro atoms. The van der Waals surface area contributed by atoms with Crippen molar-refractivity contribution in [3.63, 3.8) is 0 Å². The zero-order valence-electron chi connectivity index (χ0n) is 10.4. The third kappa shape index (κ3) is 6.63. The van der Waals surface area contributed by atoms with E-state index in [1.807, 2.05) is 0 Å². The van der Waals surface area contributed by atoms with Crippen LogP contribution in [-0.4, -0.2) is 37.2 Å². The first kappa shape index (κ1) is 14.2. The second-order valence-electron chi connectivity index (χ2n) is 5.46. The smallest absolute Gasteiger partial charge is 0.0800 e. The molecule has 0 saturated heterocycles. The molecule has 2 nitrogen and oxygen atoms in total. The molecular weight excluding hydrogens is 196 g/mol. The maximum Gasteiger partial charge on any atom is 0.0800 e.